The highest BCUT2D eigenvalue weighted by molar-refractivity contribution is 9.11. The van der Waals surface area contributed by atoms with Gasteiger partial charge in [-0.3, -0.25) is 0 Å². The van der Waals surface area contributed by atoms with Crippen molar-refractivity contribution in [1.29, 1.82) is 0 Å². The standard InChI is InChI=1S/C11H13BrN2O4S2/c1-6-7(2)18-10(14-6)4-13-20(16,17)9-3-8(5-15)19-11(9)12/h3,13,15H,4-5H2,1-2H3. The van der Waals surface area contributed by atoms with Crippen LogP contribution >= 0.6 is 27.3 Å². The molecule has 0 fully saturated rings. The average molecular weight is 381 g/mol. The van der Waals surface area contributed by atoms with E-state index in [2.05, 4.69) is 25.6 Å². The van der Waals surface area contributed by atoms with E-state index in [0.29, 0.717) is 20.3 Å². The van der Waals surface area contributed by atoms with Gasteiger partial charge in [0.15, 0.2) is 0 Å². The first kappa shape index (κ1) is 15.6. The maximum Gasteiger partial charge on any atom is 0.243 e. The summed E-state index contributed by atoms with van der Waals surface area (Å²) in [5.41, 5.74) is 0.735. The number of nitrogens with one attached hydrogen (secondary N) is 1. The Morgan fingerprint density at radius 1 is 1.50 bits per heavy atom. The van der Waals surface area contributed by atoms with Crippen LogP contribution in [0.1, 0.15) is 22.2 Å². The number of sulfonamides is 1. The zero-order chi connectivity index (χ0) is 14.9. The van der Waals surface area contributed by atoms with Crippen molar-refractivity contribution >= 4 is 37.3 Å². The summed E-state index contributed by atoms with van der Waals surface area (Å²) in [4.78, 5) is 4.78. The molecule has 0 atom stereocenters. The Hall–Kier alpha value is -0.740. The molecule has 0 aliphatic carbocycles. The SMILES string of the molecule is Cc1nc(CNS(=O)(=O)c2cc(CO)sc2Br)oc1C. The lowest BCUT2D eigenvalue weighted by atomic mass is 10.4. The van der Waals surface area contributed by atoms with Gasteiger partial charge in [-0.2, -0.15) is 0 Å². The Bertz CT molecular complexity index is 701. The smallest absolute Gasteiger partial charge is 0.243 e. The second kappa shape index (κ2) is 5.94. The second-order valence-electron chi connectivity index (χ2n) is 4.08. The van der Waals surface area contributed by atoms with Crippen LogP contribution in [0.25, 0.3) is 0 Å². The van der Waals surface area contributed by atoms with Gasteiger partial charge in [0.2, 0.25) is 15.9 Å². The van der Waals surface area contributed by atoms with Gasteiger partial charge in [-0.05, 0) is 35.8 Å². The Kier molecular flexibility index (Phi) is 4.65. The summed E-state index contributed by atoms with van der Waals surface area (Å²) in [7, 11) is -3.68. The van der Waals surface area contributed by atoms with Gasteiger partial charge in [-0.1, -0.05) is 0 Å². The summed E-state index contributed by atoms with van der Waals surface area (Å²) in [6.07, 6.45) is 0. The highest BCUT2D eigenvalue weighted by atomic mass is 79.9. The van der Waals surface area contributed by atoms with Crippen molar-refractivity contribution in [3.63, 3.8) is 0 Å². The summed E-state index contributed by atoms with van der Waals surface area (Å²) >= 11 is 4.36. The van der Waals surface area contributed by atoms with E-state index in [0.717, 1.165) is 5.69 Å². The van der Waals surface area contributed by atoms with E-state index in [-0.39, 0.29) is 18.0 Å². The fourth-order valence-corrected chi connectivity index (χ4v) is 5.02. The predicted octanol–water partition coefficient (Wildman–Crippen LogP) is 2.09. The van der Waals surface area contributed by atoms with Gasteiger partial charge in [0.1, 0.15) is 10.7 Å². The van der Waals surface area contributed by atoms with E-state index in [1.54, 1.807) is 13.8 Å². The Morgan fingerprint density at radius 3 is 2.70 bits per heavy atom. The van der Waals surface area contributed by atoms with Crippen LogP contribution in [-0.4, -0.2) is 18.5 Å². The molecule has 2 N–H and O–H groups in total. The lowest BCUT2D eigenvalue weighted by Crippen LogP contribution is -2.23. The first-order valence-electron chi connectivity index (χ1n) is 5.65. The molecule has 0 unspecified atom stereocenters. The number of hydrogen-bond acceptors (Lipinski definition) is 6. The van der Waals surface area contributed by atoms with Crippen molar-refractivity contribution in [2.45, 2.75) is 31.9 Å². The molecule has 0 aliphatic rings. The van der Waals surface area contributed by atoms with Crippen LogP contribution in [0.5, 0.6) is 0 Å². The van der Waals surface area contributed by atoms with Gasteiger partial charge < -0.3 is 9.52 Å². The minimum atomic E-state index is -3.68. The van der Waals surface area contributed by atoms with Gasteiger partial charge in [-0.25, -0.2) is 18.1 Å². The van der Waals surface area contributed by atoms with Crippen LogP contribution in [0.15, 0.2) is 19.2 Å². The van der Waals surface area contributed by atoms with Crippen LogP contribution in [-0.2, 0) is 23.2 Å². The fraction of sp³-hybridized carbons (Fsp3) is 0.364. The number of halogens is 1. The molecular weight excluding hydrogens is 368 g/mol. The molecular formula is C11H13BrN2O4S2. The molecule has 0 saturated carbocycles. The van der Waals surface area contributed by atoms with E-state index in [9.17, 15) is 8.42 Å². The van der Waals surface area contributed by atoms with Gasteiger partial charge >= 0.3 is 0 Å². The first-order valence-corrected chi connectivity index (χ1v) is 8.74. The van der Waals surface area contributed by atoms with E-state index in [1.165, 1.54) is 17.4 Å². The number of hydrogen-bond donors (Lipinski definition) is 2. The molecule has 0 aromatic carbocycles. The molecule has 0 bridgehead atoms. The summed E-state index contributed by atoms with van der Waals surface area (Å²) in [6, 6.07) is 1.43. The van der Waals surface area contributed by atoms with E-state index in [1.807, 2.05) is 0 Å². The largest absolute Gasteiger partial charge is 0.444 e. The summed E-state index contributed by atoms with van der Waals surface area (Å²) < 4.78 is 32.5. The van der Waals surface area contributed by atoms with Crippen LogP contribution in [0, 0.1) is 13.8 Å². The lowest BCUT2D eigenvalue weighted by molar-refractivity contribution is 0.285. The van der Waals surface area contributed by atoms with E-state index < -0.39 is 10.0 Å². The van der Waals surface area contributed by atoms with Crippen molar-refractivity contribution < 1.29 is 17.9 Å². The number of aliphatic hydroxyl groups is 1. The molecule has 0 radical (unpaired) electrons. The zero-order valence-corrected chi connectivity index (χ0v) is 14.0. The maximum absolute atomic E-state index is 12.2. The minimum absolute atomic E-state index is 0.0201. The van der Waals surface area contributed by atoms with Gasteiger partial charge in [0, 0.05) is 4.88 Å². The third-order valence-electron chi connectivity index (χ3n) is 2.64. The monoisotopic (exact) mass is 380 g/mol. The van der Waals surface area contributed by atoms with Gasteiger partial charge in [0.05, 0.1) is 22.6 Å². The molecule has 0 saturated heterocycles. The van der Waals surface area contributed by atoms with Gasteiger partial charge in [-0.15, -0.1) is 11.3 Å². The molecule has 2 aromatic heterocycles. The third-order valence-corrected chi connectivity index (χ3v) is 6.28. The number of aryl methyl sites for hydroxylation is 2. The highest BCUT2D eigenvalue weighted by Gasteiger charge is 2.21. The Balaban J connectivity index is 2.16. The lowest BCUT2D eigenvalue weighted by Gasteiger charge is -2.03. The Morgan fingerprint density at radius 2 is 2.20 bits per heavy atom. The molecule has 0 amide bonds. The number of aliphatic hydroxyl groups excluding tert-OH is 1. The third kappa shape index (κ3) is 3.29. The normalized spacial score (nSPS) is 12.0. The number of nitrogens with zero attached hydrogens (tertiary/aromatic N) is 1. The number of thiophene rings is 1. The molecule has 20 heavy (non-hydrogen) atoms. The van der Waals surface area contributed by atoms with Crippen LogP contribution in [0.2, 0.25) is 0 Å². The van der Waals surface area contributed by atoms with Crippen molar-refractivity contribution in [2.24, 2.45) is 0 Å². The quantitative estimate of drug-likeness (QED) is 0.828. The van der Waals surface area contributed by atoms with Gasteiger partial charge in [0.25, 0.3) is 0 Å². The van der Waals surface area contributed by atoms with Crippen molar-refractivity contribution in [2.75, 3.05) is 0 Å². The first-order chi connectivity index (χ1) is 9.33. The van der Waals surface area contributed by atoms with E-state index in [4.69, 9.17) is 9.52 Å². The molecule has 2 heterocycles. The van der Waals surface area contributed by atoms with Crippen LogP contribution in [0.4, 0.5) is 0 Å². The summed E-state index contributed by atoms with van der Waals surface area (Å²) in [5.74, 6) is 0.982. The number of aromatic nitrogens is 1. The summed E-state index contributed by atoms with van der Waals surface area (Å²) in [6.45, 7) is 3.34. The van der Waals surface area contributed by atoms with Crippen LogP contribution in [0.3, 0.4) is 0 Å². The topological polar surface area (TPSA) is 92.4 Å². The molecule has 2 aromatic rings. The Labute approximate surface area is 129 Å². The molecule has 9 heteroatoms. The molecule has 6 nitrogen and oxygen atoms in total. The van der Waals surface area contributed by atoms with Crippen LogP contribution < -0.4 is 4.72 Å². The van der Waals surface area contributed by atoms with Crippen molar-refractivity contribution in [1.82, 2.24) is 9.71 Å². The average Bonchev–Trinajstić information content (AvgIpc) is 2.91. The highest BCUT2D eigenvalue weighted by Crippen LogP contribution is 2.31. The number of oxazole rings is 1. The molecule has 0 spiro atoms. The minimum Gasteiger partial charge on any atom is -0.444 e. The molecule has 2 rings (SSSR count). The number of rotatable bonds is 5. The maximum atomic E-state index is 12.2. The molecule has 110 valence electrons. The fourth-order valence-electron chi connectivity index (χ4n) is 1.51. The van der Waals surface area contributed by atoms with Crippen molar-refractivity contribution in [3.05, 3.63) is 32.1 Å². The van der Waals surface area contributed by atoms with E-state index >= 15 is 0 Å². The second-order valence-corrected chi connectivity index (χ2v) is 8.27. The zero-order valence-electron chi connectivity index (χ0n) is 10.8. The summed E-state index contributed by atoms with van der Waals surface area (Å²) in [5, 5.41) is 9.03. The molecule has 0 aliphatic heterocycles. The van der Waals surface area contributed by atoms with Crippen molar-refractivity contribution in [3.8, 4) is 0 Å². The predicted molar refractivity (Wildman–Crippen MR) is 77.9 cm³/mol.